The summed E-state index contributed by atoms with van der Waals surface area (Å²) in [5.74, 6) is -0.329. The maximum absolute atomic E-state index is 12.0. The van der Waals surface area contributed by atoms with Crippen molar-refractivity contribution in [2.45, 2.75) is 12.3 Å². The van der Waals surface area contributed by atoms with E-state index in [9.17, 15) is 13.2 Å². The number of halogens is 4. The first-order chi connectivity index (χ1) is 6.32. The van der Waals surface area contributed by atoms with Gasteiger partial charge in [0.05, 0.1) is 5.02 Å². The Morgan fingerprint density at radius 3 is 2.29 bits per heavy atom. The van der Waals surface area contributed by atoms with Gasteiger partial charge in [-0.05, 0) is 17.7 Å². The third-order valence-electron chi connectivity index (χ3n) is 1.60. The highest BCUT2D eigenvalue weighted by atomic mass is 35.5. The predicted octanol–water partition coefficient (Wildman–Crippen LogP) is 2.64. The van der Waals surface area contributed by atoms with Crippen molar-refractivity contribution in [1.29, 1.82) is 0 Å². The third-order valence-corrected chi connectivity index (χ3v) is 1.90. The van der Waals surface area contributed by atoms with E-state index in [1.165, 1.54) is 0 Å². The fourth-order valence-corrected chi connectivity index (χ4v) is 1.07. The van der Waals surface area contributed by atoms with Gasteiger partial charge in [-0.3, -0.25) is 0 Å². The monoisotopic (exact) mass is 226 g/mol. The zero-order chi connectivity index (χ0) is 10.9. The summed E-state index contributed by atoms with van der Waals surface area (Å²) >= 11 is 5.38. The van der Waals surface area contributed by atoms with Crippen molar-refractivity contribution in [3.63, 3.8) is 0 Å². The second kappa shape index (κ2) is 3.67. The van der Waals surface area contributed by atoms with Crippen LogP contribution in [-0.4, -0.2) is 16.4 Å². The number of aliphatic hydroxyl groups is 1. The molecule has 2 N–H and O–H groups in total. The number of aromatic hydroxyl groups is 1. The molecule has 0 aliphatic rings. The zero-order valence-electron chi connectivity index (χ0n) is 6.72. The molecule has 0 aliphatic carbocycles. The molecular weight excluding hydrogens is 221 g/mol. The molecule has 0 aliphatic heterocycles. The summed E-state index contributed by atoms with van der Waals surface area (Å²) in [4.78, 5) is 0. The highest BCUT2D eigenvalue weighted by Gasteiger charge is 2.39. The van der Waals surface area contributed by atoms with E-state index in [1.807, 2.05) is 0 Å². The van der Waals surface area contributed by atoms with Crippen LogP contribution in [0.15, 0.2) is 18.2 Å². The quantitative estimate of drug-likeness (QED) is 0.773. The molecule has 1 rings (SSSR count). The van der Waals surface area contributed by atoms with Crippen LogP contribution in [0.25, 0.3) is 0 Å². The Hall–Kier alpha value is -0.940. The second-order valence-electron chi connectivity index (χ2n) is 2.65. The molecule has 0 heterocycles. The lowest BCUT2D eigenvalue weighted by Crippen LogP contribution is -2.20. The van der Waals surface area contributed by atoms with Crippen LogP contribution in [0.5, 0.6) is 5.75 Å². The molecule has 0 saturated carbocycles. The van der Waals surface area contributed by atoms with E-state index in [2.05, 4.69) is 0 Å². The molecule has 1 atom stereocenters. The van der Waals surface area contributed by atoms with Gasteiger partial charge < -0.3 is 10.2 Å². The summed E-state index contributed by atoms with van der Waals surface area (Å²) in [5.41, 5.74) is -0.402. The van der Waals surface area contributed by atoms with Gasteiger partial charge in [0.1, 0.15) is 5.75 Å². The maximum atomic E-state index is 12.0. The van der Waals surface area contributed by atoms with Crippen molar-refractivity contribution in [3.05, 3.63) is 28.8 Å². The maximum Gasteiger partial charge on any atom is 0.418 e. The van der Waals surface area contributed by atoms with Crippen molar-refractivity contribution in [3.8, 4) is 5.75 Å². The normalized spacial score (nSPS) is 14.1. The van der Waals surface area contributed by atoms with Crippen LogP contribution >= 0.6 is 11.6 Å². The van der Waals surface area contributed by atoms with E-state index in [-0.39, 0.29) is 10.8 Å². The van der Waals surface area contributed by atoms with E-state index in [0.29, 0.717) is 0 Å². The molecule has 0 spiro atoms. The highest BCUT2D eigenvalue weighted by Crippen LogP contribution is 2.35. The van der Waals surface area contributed by atoms with Crippen molar-refractivity contribution in [1.82, 2.24) is 0 Å². The van der Waals surface area contributed by atoms with Gasteiger partial charge in [0.15, 0.2) is 6.10 Å². The lowest BCUT2D eigenvalue weighted by atomic mass is 10.1. The summed E-state index contributed by atoms with van der Waals surface area (Å²) in [6.07, 6.45) is -7.32. The predicted molar refractivity (Wildman–Crippen MR) is 44.1 cm³/mol. The number of aliphatic hydroxyl groups excluding tert-OH is 1. The largest absolute Gasteiger partial charge is 0.506 e. The fraction of sp³-hybridized carbons (Fsp3) is 0.250. The molecule has 0 saturated heterocycles. The molecule has 6 heteroatoms. The van der Waals surface area contributed by atoms with Gasteiger partial charge >= 0.3 is 6.18 Å². The number of hydrogen-bond acceptors (Lipinski definition) is 2. The van der Waals surface area contributed by atoms with E-state index in [1.54, 1.807) is 0 Å². The molecule has 0 aromatic heterocycles. The standard InChI is InChI=1S/C8H6ClF3O2/c9-5-3-4(1-2-6(5)13)7(14)8(10,11)12/h1-3,7,13-14H/t7-/m0/s1. The number of rotatable bonds is 1. The summed E-state index contributed by atoms with van der Waals surface area (Å²) in [5, 5.41) is 17.5. The van der Waals surface area contributed by atoms with Crippen molar-refractivity contribution < 1.29 is 23.4 Å². The average Bonchev–Trinajstić information content (AvgIpc) is 2.07. The summed E-state index contributed by atoms with van der Waals surface area (Å²) in [6.45, 7) is 0. The van der Waals surface area contributed by atoms with E-state index in [0.717, 1.165) is 18.2 Å². The topological polar surface area (TPSA) is 40.5 Å². The lowest BCUT2D eigenvalue weighted by molar-refractivity contribution is -0.206. The molecule has 78 valence electrons. The Morgan fingerprint density at radius 1 is 1.29 bits per heavy atom. The van der Waals surface area contributed by atoms with Gasteiger partial charge in [0.2, 0.25) is 0 Å². The molecule has 2 nitrogen and oxygen atoms in total. The first kappa shape index (κ1) is 11.1. The Morgan fingerprint density at radius 2 is 1.86 bits per heavy atom. The summed E-state index contributed by atoms with van der Waals surface area (Å²) in [7, 11) is 0. The molecular formula is C8H6ClF3O2. The van der Waals surface area contributed by atoms with Crippen LogP contribution in [0, 0.1) is 0 Å². The molecule has 0 amide bonds. The number of hydrogen-bond donors (Lipinski definition) is 2. The molecule has 14 heavy (non-hydrogen) atoms. The Bertz CT molecular complexity index is 338. The molecule has 1 aromatic rings. The second-order valence-corrected chi connectivity index (χ2v) is 3.06. The minimum absolute atomic E-state index is 0.231. The number of phenols is 1. The lowest BCUT2D eigenvalue weighted by Gasteiger charge is -2.14. The Labute approximate surface area is 82.5 Å². The van der Waals surface area contributed by atoms with Gasteiger partial charge in [0, 0.05) is 0 Å². The van der Waals surface area contributed by atoms with Crippen molar-refractivity contribution in [2.75, 3.05) is 0 Å². The fourth-order valence-electron chi connectivity index (χ4n) is 0.882. The van der Waals surface area contributed by atoms with Gasteiger partial charge in [-0.15, -0.1) is 0 Å². The molecule has 1 aromatic carbocycles. The number of alkyl halides is 3. The van der Waals surface area contributed by atoms with Gasteiger partial charge in [-0.1, -0.05) is 17.7 Å². The van der Waals surface area contributed by atoms with Crippen molar-refractivity contribution in [2.24, 2.45) is 0 Å². The van der Waals surface area contributed by atoms with Crippen LogP contribution in [0.2, 0.25) is 5.02 Å². The highest BCUT2D eigenvalue weighted by molar-refractivity contribution is 6.32. The van der Waals surface area contributed by atoms with E-state index >= 15 is 0 Å². The van der Waals surface area contributed by atoms with E-state index < -0.39 is 17.8 Å². The summed E-state index contributed by atoms with van der Waals surface area (Å²) < 4.78 is 36.0. The van der Waals surface area contributed by atoms with Crippen LogP contribution in [-0.2, 0) is 0 Å². The molecule has 0 radical (unpaired) electrons. The summed E-state index contributed by atoms with van der Waals surface area (Å²) in [6, 6.07) is 2.82. The third kappa shape index (κ3) is 2.30. The number of phenolic OH excluding ortho intramolecular Hbond substituents is 1. The van der Waals surface area contributed by atoms with Crippen LogP contribution < -0.4 is 0 Å². The van der Waals surface area contributed by atoms with Crippen molar-refractivity contribution >= 4 is 11.6 Å². The van der Waals surface area contributed by atoms with Gasteiger partial charge in [0.25, 0.3) is 0 Å². The van der Waals surface area contributed by atoms with Gasteiger partial charge in [-0.25, -0.2) is 0 Å². The minimum atomic E-state index is -4.74. The van der Waals surface area contributed by atoms with Crippen LogP contribution in [0.4, 0.5) is 13.2 Å². The first-order valence-electron chi connectivity index (χ1n) is 3.55. The van der Waals surface area contributed by atoms with Crippen LogP contribution in [0.3, 0.4) is 0 Å². The Balaban J connectivity index is 3.03. The molecule has 0 unspecified atom stereocenters. The van der Waals surface area contributed by atoms with E-state index in [4.69, 9.17) is 21.8 Å². The average molecular weight is 227 g/mol. The smallest absolute Gasteiger partial charge is 0.418 e. The molecule has 0 bridgehead atoms. The first-order valence-corrected chi connectivity index (χ1v) is 3.93. The number of benzene rings is 1. The zero-order valence-corrected chi connectivity index (χ0v) is 7.47. The molecule has 0 fully saturated rings. The SMILES string of the molecule is Oc1ccc([C@H](O)C(F)(F)F)cc1Cl. The minimum Gasteiger partial charge on any atom is -0.506 e. The van der Waals surface area contributed by atoms with Crippen LogP contribution in [0.1, 0.15) is 11.7 Å². The Kier molecular flexibility index (Phi) is 2.92. The van der Waals surface area contributed by atoms with Gasteiger partial charge in [-0.2, -0.15) is 13.2 Å².